The second-order valence-electron chi connectivity index (χ2n) is 9.07. The number of hydrogen-bond donors (Lipinski definition) is 1. The number of nitrogens with two attached hydrogens (primary N) is 1. The minimum absolute atomic E-state index is 0.0712. The molecule has 0 saturated carbocycles. The van der Waals surface area contributed by atoms with Gasteiger partial charge in [-0.3, -0.25) is 4.79 Å². The maximum atomic E-state index is 12.9. The fourth-order valence-corrected chi connectivity index (χ4v) is 4.46. The molecule has 6 heteroatoms. The van der Waals surface area contributed by atoms with Crippen molar-refractivity contribution >= 4 is 22.5 Å². The minimum atomic E-state index is -0.0712. The van der Waals surface area contributed by atoms with E-state index in [9.17, 15) is 4.79 Å². The van der Waals surface area contributed by atoms with Gasteiger partial charge in [0.25, 0.3) is 0 Å². The van der Waals surface area contributed by atoms with Crippen molar-refractivity contribution in [1.29, 1.82) is 0 Å². The highest BCUT2D eigenvalue weighted by Crippen LogP contribution is 2.41. The van der Waals surface area contributed by atoms with Gasteiger partial charge in [-0.25, -0.2) is 9.97 Å². The third-order valence-corrected chi connectivity index (χ3v) is 5.88. The Labute approximate surface area is 177 Å². The number of fused-ring (bicyclic) bond motifs is 2. The molecule has 2 aromatic heterocycles. The molecule has 6 nitrogen and oxygen atoms in total. The highest BCUT2D eigenvalue weighted by Gasteiger charge is 2.35. The molecule has 4 rings (SSSR count). The first kappa shape index (κ1) is 20.4. The van der Waals surface area contributed by atoms with E-state index in [0.29, 0.717) is 30.1 Å². The molecule has 30 heavy (non-hydrogen) atoms. The standard InChI is InChI=1S/C24H30N4O2/c1-5-6-7-10-30-22-17(9-8-16-21(22)26-14-27-23(16)25)28-13-15(2)20-18(28)11-24(3,4)12-19(20)29/h8-9,13-14H,5-7,10-12H2,1-4H3,(H2,25,26,27). The van der Waals surface area contributed by atoms with Crippen LogP contribution in [0.1, 0.15) is 68.1 Å². The quantitative estimate of drug-likeness (QED) is 0.580. The van der Waals surface area contributed by atoms with Crippen LogP contribution in [-0.4, -0.2) is 26.9 Å². The van der Waals surface area contributed by atoms with Gasteiger partial charge in [0.05, 0.1) is 12.3 Å². The van der Waals surface area contributed by atoms with E-state index in [2.05, 4.69) is 41.5 Å². The molecular weight excluding hydrogens is 376 g/mol. The third-order valence-electron chi connectivity index (χ3n) is 5.88. The number of aromatic nitrogens is 3. The molecule has 0 fully saturated rings. The summed E-state index contributed by atoms with van der Waals surface area (Å²) in [7, 11) is 0. The van der Waals surface area contributed by atoms with Crippen molar-refractivity contribution < 1.29 is 9.53 Å². The van der Waals surface area contributed by atoms with Crippen LogP contribution < -0.4 is 10.5 Å². The minimum Gasteiger partial charge on any atom is -0.489 e. The van der Waals surface area contributed by atoms with Gasteiger partial charge in [0, 0.05) is 29.3 Å². The van der Waals surface area contributed by atoms with E-state index in [1.54, 1.807) is 0 Å². The second kappa shape index (κ2) is 7.74. The SMILES string of the molecule is CCCCCOc1c(-n2cc(C)c3c2CC(C)(C)CC3=O)ccc2c(N)ncnc12. The highest BCUT2D eigenvalue weighted by molar-refractivity contribution is 6.01. The molecule has 0 amide bonds. The Bertz CT molecular complexity index is 1110. The molecule has 2 N–H and O–H groups in total. The van der Waals surface area contributed by atoms with E-state index >= 15 is 0 Å². The number of ketones is 1. The van der Waals surface area contributed by atoms with E-state index in [-0.39, 0.29) is 11.2 Å². The maximum Gasteiger partial charge on any atom is 0.169 e. The fraction of sp³-hybridized carbons (Fsp3) is 0.458. The normalized spacial score (nSPS) is 15.4. The summed E-state index contributed by atoms with van der Waals surface area (Å²) in [4.78, 5) is 21.5. The average Bonchev–Trinajstić information content (AvgIpc) is 3.00. The molecule has 0 unspecified atom stereocenters. The van der Waals surface area contributed by atoms with Crippen molar-refractivity contribution in [2.75, 3.05) is 12.3 Å². The number of unbranched alkanes of at least 4 members (excludes halogenated alkanes) is 2. The lowest BCUT2D eigenvalue weighted by Gasteiger charge is -2.30. The van der Waals surface area contributed by atoms with Crippen LogP contribution in [0.3, 0.4) is 0 Å². The van der Waals surface area contributed by atoms with E-state index in [4.69, 9.17) is 10.5 Å². The summed E-state index contributed by atoms with van der Waals surface area (Å²) < 4.78 is 8.41. The van der Waals surface area contributed by atoms with Crippen LogP contribution in [0.2, 0.25) is 0 Å². The van der Waals surface area contributed by atoms with Gasteiger partial charge in [-0.1, -0.05) is 33.6 Å². The Kier molecular flexibility index (Phi) is 5.26. The first-order valence-electron chi connectivity index (χ1n) is 10.7. The predicted molar refractivity (Wildman–Crippen MR) is 119 cm³/mol. The number of nitrogens with zero attached hydrogens (tertiary/aromatic N) is 3. The van der Waals surface area contributed by atoms with Gasteiger partial charge in [-0.05, 0) is 42.9 Å². The molecule has 1 aliphatic rings. The zero-order valence-corrected chi connectivity index (χ0v) is 18.3. The number of ether oxygens (including phenoxy) is 1. The number of hydrogen-bond acceptors (Lipinski definition) is 5. The molecule has 0 atom stereocenters. The largest absolute Gasteiger partial charge is 0.489 e. The van der Waals surface area contributed by atoms with Gasteiger partial charge in [0.15, 0.2) is 11.5 Å². The van der Waals surface area contributed by atoms with E-state index in [0.717, 1.165) is 53.6 Å². The topological polar surface area (TPSA) is 83.0 Å². The Morgan fingerprint density at radius 1 is 1.20 bits per heavy atom. The van der Waals surface area contributed by atoms with E-state index in [1.165, 1.54) is 6.33 Å². The molecule has 0 bridgehead atoms. The molecule has 0 radical (unpaired) electrons. The van der Waals surface area contributed by atoms with Crippen LogP contribution >= 0.6 is 0 Å². The lowest BCUT2D eigenvalue weighted by molar-refractivity contribution is 0.0910. The molecule has 0 saturated heterocycles. The first-order chi connectivity index (χ1) is 14.3. The average molecular weight is 407 g/mol. The van der Waals surface area contributed by atoms with Crippen LogP contribution in [0.5, 0.6) is 5.75 Å². The lowest BCUT2D eigenvalue weighted by Crippen LogP contribution is -2.28. The zero-order valence-electron chi connectivity index (χ0n) is 18.3. The maximum absolute atomic E-state index is 12.9. The van der Waals surface area contributed by atoms with Crippen molar-refractivity contribution in [3.05, 3.63) is 41.5 Å². The fourth-order valence-electron chi connectivity index (χ4n) is 4.46. The van der Waals surface area contributed by atoms with Crippen molar-refractivity contribution in [2.45, 2.75) is 59.8 Å². The van der Waals surface area contributed by atoms with Crippen LogP contribution in [0, 0.1) is 12.3 Å². The number of anilines is 1. The van der Waals surface area contributed by atoms with Crippen molar-refractivity contribution in [1.82, 2.24) is 14.5 Å². The van der Waals surface area contributed by atoms with Gasteiger partial charge < -0.3 is 15.0 Å². The van der Waals surface area contributed by atoms with Gasteiger partial charge >= 0.3 is 0 Å². The monoisotopic (exact) mass is 406 g/mol. The summed E-state index contributed by atoms with van der Waals surface area (Å²) in [5.74, 6) is 1.36. The number of rotatable bonds is 6. The Balaban J connectivity index is 1.89. The Morgan fingerprint density at radius 2 is 2.00 bits per heavy atom. The number of Topliss-reactive ketones (excluding diaryl/α,β-unsaturated/α-hetero) is 1. The van der Waals surface area contributed by atoms with Gasteiger partial charge in [0.2, 0.25) is 0 Å². The third kappa shape index (κ3) is 3.55. The van der Waals surface area contributed by atoms with E-state index in [1.807, 2.05) is 19.1 Å². The molecule has 2 heterocycles. The highest BCUT2D eigenvalue weighted by atomic mass is 16.5. The Hall–Kier alpha value is -2.89. The number of carbonyl (C=O) groups is 1. The summed E-state index contributed by atoms with van der Waals surface area (Å²) in [5.41, 5.74) is 10.5. The molecule has 1 aliphatic carbocycles. The first-order valence-corrected chi connectivity index (χ1v) is 10.7. The van der Waals surface area contributed by atoms with Crippen molar-refractivity contribution in [2.24, 2.45) is 5.41 Å². The number of nitrogen functional groups attached to an aromatic ring is 1. The summed E-state index contributed by atoms with van der Waals surface area (Å²) >= 11 is 0. The van der Waals surface area contributed by atoms with Crippen LogP contribution in [0.25, 0.3) is 16.6 Å². The van der Waals surface area contributed by atoms with Crippen molar-refractivity contribution in [3.63, 3.8) is 0 Å². The van der Waals surface area contributed by atoms with Crippen LogP contribution in [0.4, 0.5) is 5.82 Å². The van der Waals surface area contributed by atoms with Gasteiger partial charge in [-0.15, -0.1) is 0 Å². The number of carbonyl (C=O) groups excluding carboxylic acids is 1. The lowest BCUT2D eigenvalue weighted by atomic mass is 9.75. The Morgan fingerprint density at radius 3 is 2.77 bits per heavy atom. The molecule has 158 valence electrons. The van der Waals surface area contributed by atoms with Gasteiger partial charge in [0.1, 0.15) is 17.7 Å². The zero-order chi connectivity index (χ0) is 21.5. The summed E-state index contributed by atoms with van der Waals surface area (Å²) in [6.45, 7) is 9.09. The van der Waals surface area contributed by atoms with Crippen LogP contribution in [0.15, 0.2) is 24.7 Å². The molecule has 3 aromatic rings. The van der Waals surface area contributed by atoms with Crippen LogP contribution in [-0.2, 0) is 6.42 Å². The summed E-state index contributed by atoms with van der Waals surface area (Å²) in [5, 5.41) is 0.779. The van der Waals surface area contributed by atoms with Crippen molar-refractivity contribution in [3.8, 4) is 11.4 Å². The number of benzene rings is 1. The predicted octanol–water partition coefficient (Wildman–Crippen LogP) is 5.04. The smallest absolute Gasteiger partial charge is 0.169 e. The number of aryl methyl sites for hydroxylation is 1. The molecule has 0 aliphatic heterocycles. The molecule has 1 aromatic carbocycles. The van der Waals surface area contributed by atoms with E-state index < -0.39 is 0 Å². The summed E-state index contributed by atoms with van der Waals surface area (Å²) in [6, 6.07) is 3.94. The molecular formula is C24H30N4O2. The molecule has 0 spiro atoms. The summed E-state index contributed by atoms with van der Waals surface area (Å²) in [6.07, 6.45) is 8.15. The van der Waals surface area contributed by atoms with Gasteiger partial charge in [-0.2, -0.15) is 0 Å². The second-order valence-corrected chi connectivity index (χ2v) is 9.07.